The average molecular weight is 252 g/mol. The molecule has 1 aliphatic rings. The van der Waals surface area contributed by atoms with Crippen molar-refractivity contribution in [2.75, 3.05) is 43.6 Å². The van der Waals surface area contributed by atoms with Gasteiger partial charge in [0.05, 0.1) is 17.9 Å². The molecule has 0 aliphatic carbocycles. The summed E-state index contributed by atoms with van der Waals surface area (Å²) in [5.74, 6) is 1.000. The zero-order valence-corrected chi connectivity index (χ0v) is 11.6. The maximum Gasteiger partial charge on any atom is 0.165 e. The molecule has 0 atom stereocenters. The van der Waals surface area contributed by atoms with Crippen LogP contribution in [0.5, 0.6) is 5.75 Å². The number of para-hydroxylation sites is 1. The Labute approximate surface area is 110 Å². The molecule has 102 valence electrons. The van der Waals surface area contributed by atoms with Gasteiger partial charge in [0.15, 0.2) is 5.75 Å². The molecule has 0 amide bonds. The zero-order chi connectivity index (χ0) is 13.4. The van der Waals surface area contributed by atoms with Gasteiger partial charge in [-0.15, -0.1) is 0 Å². The third kappa shape index (κ3) is 3.53. The van der Waals surface area contributed by atoms with Gasteiger partial charge < -0.3 is 20.1 Å². The molecule has 1 aliphatic heterocycles. The number of fused-ring (bicyclic) bond motifs is 1. The van der Waals surface area contributed by atoms with E-state index >= 15 is 0 Å². The minimum absolute atomic E-state index is 0.250. The SMILES string of the molecule is CCCN1CCOc2c(NC)cccc21.CCO. The summed E-state index contributed by atoms with van der Waals surface area (Å²) in [5.41, 5.74) is 2.29. The molecule has 1 aromatic rings. The summed E-state index contributed by atoms with van der Waals surface area (Å²) >= 11 is 0. The second-order valence-corrected chi connectivity index (χ2v) is 4.06. The highest BCUT2D eigenvalue weighted by atomic mass is 16.5. The Balaban J connectivity index is 0.000000492. The Morgan fingerprint density at radius 2 is 2.11 bits per heavy atom. The molecule has 1 heterocycles. The number of anilines is 2. The predicted octanol–water partition coefficient (Wildman–Crippen LogP) is 2.34. The smallest absolute Gasteiger partial charge is 0.165 e. The Bertz CT molecular complexity index is 356. The number of benzene rings is 1. The van der Waals surface area contributed by atoms with Gasteiger partial charge in [-0.25, -0.2) is 0 Å². The zero-order valence-electron chi connectivity index (χ0n) is 11.6. The van der Waals surface area contributed by atoms with E-state index in [-0.39, 0.29) is 6.61 Å². The van der Waals surface area contributed by atoms with E-state index in [1.807, 2.05) is 13.1 Å². The Kier molecular flexibility index (Phi) is 6.36. The van der Waals surface area contributed by atoms with Gasteiger partial charge >= 0.3 is 0 Å². The van der Waals surface area contributed by atoms with Crippen LogP contribution in [0.3, 0.4) is 0 Å². The van der Waals surface area contributed by atoms with Crippen LogP contribution in [0.25, 0.3) is 0 Å². The molecule has 0 fully saturated rings. The van der Waals surface area contributed by atoms with E-state index in [1.165, 1.54) is 12.1 Å². The van der Waals surface area contributed by atoms with Gasteiger partial charge in [0.2, 0.25) is 0 Å². The summed E-state index contributed by atoms with van der Waals surface area (Å²) in [6, 6.07) is 6.25. The third-order valence-electron chi connectivity index (χ3n) is 2.71. The summed E-state index contributed by atoms with van der Waals surface area (Å²) in [6.45, 7) is 7.01. The van der Waals surface area contributed by atoms with Crippen molar-refractivity contribution in [1.29, 1.82) is 0 Å². The fourth-order valence-corrected chi connectivity index (χ4v) is 2.00. The van der Waals surface area contributed by atoms with Crippen molar-refractivity contribution in [1.82, 2.24) is 0 Å². The number of nitrogens with one attached hydrogen (secondary N) is 1. The van der Waals surface area contributed by atoms with Crippen molar-refractivity contribution >= 4 is 11.4 Å². The molecule has 0 aromatic heterocycles. The molecule has 0 saturated heterocycles. The Morgan fingerprint density at radius 3 is 2.72 bits per heavy atom. The molecule has 18 heavy (non-hydrogen) atoms. The van der Waals surface area contributed by atoms with Gasteiger partial charge in [-0.05, 0) is 25.5 Å². The Hall–Kier alpha value is -1.42. The highest BCUT2D eigenvalue weighted by molar-refractivity contribution is 5.72. The van der Waals surface area contributed by atoms with Gasteiger partial charge in [0, 0.05) is 20.2 Å². The summed E-state index contributed by atoms with van der Waals surface area (Å²) in [6.07, 6.45) is 1.17. The second-order valence-electron chi connectivity index (χ2n) is 4.06. The van der Waals surface area contributed by atoms with Crippen LogP contribution < -0.4 is 15.0 Å². The summed E-state index contributed by atoms with van der Waals surface area (Å²) in [5, 5.41) is 10.7. The summed E-state index contributed by atoms with van der Waals surface area (Å²) < 4.78 is 5.72. The minimum Gasteiger partial charge on any atom is -0.487 e. The number of hydrogen-bond acceptors (Lipinski definition) is 4. The van der Waals surface area contributed by atoms with E-state index in [4.69, 9.17) is 9.84 Å². The molecule has 4 heteroatoms. The van der Waals surface area contributed by atoms with E-state index in [1.54, 1.807) is 6.92 Å². The van der Waals surface area contributed by atoms with E-state index in [0.717, 1.165) is 31.1 Å². The first-order valence-electron chi connectivity index (χ1n) is 6.57. The van der Waals surface area contributed by atoms with Gasteiger partial charge in [-0.3, -0.25) is 0 Å². The lowest BCUT2D eigenvalue weighted by atomic mass is 10.2. The normalized spacial score (nSPS) is 13.0. The molecule has 0 radical (unpaired) electrons. The number of ether oxygens (including phenoxy) is 1. The standard InChI is InChI=1S/C12H18N2O.C2H6O/c1-3-7-14-8-9-15-12-10(13-2)5-4-6-11(12)14;1-2-3/h4-6,13H,3,7-9H2,1-2H3;3H,2H2,1H3. The van der Waals surface area contributed by atoms with E-state index in [9.17, 15) is 0 Å². The maximum absolute atomic E-state index is 7.57. The summed E-state index contributed by atoms with van der Waals surface area (Å²) in [7, 11) is 1.93. The number of rotatable bonds is 3. The van der Waals surface area contributed by atoms with Crippen molar-refractivity contribution in [2.24, 2.45) is 0 Å². The quantitative estimate of drug-likeness (QED) is 0.866. The van der Waals surface area contributed by atoms with Crippen molar-refractivity contribution in [3.63, 3.8) is 0 Å². The number of aliphatic hydroxyl groups excluding tert-OH is 1. The highest BCUT2D eigenvalue weighted by Crippen LogP contribution is 2.37. The maximum atomic E-state index is 7.57. The summed E-state index contributed by atoms with van der Waals surface area (Å²) in [4.78, 5) is 2.39. The first kappa shape index (κ1) is 14.6. The topological polar surface area (TPSA) is 44.7 Å². The minimum atomic E-state index is 0.250. The lowest BCUT2D eigenvalue weighted by Crippen LogP contribution is -2.33. The van der Waals surface area contributed by atoms with Crippen LogP contribution in [0.1, 0.15) is 20.3 Å². The molecular formula is C14H24N2O2. The first-order chi connectivity index (χ1) is 8.78. The van der Waals surface area contributed by atoms with Crippen molar-refractivity contribution in [2.45, 2.75) is 20.3 Å². The molecule has 0 saturated carbocycles. The molecule has 0 spiro atoms. The van der Waals surface area contributed by atoms with Crippen LogP contribution in [0.15, 0.2) is 18.2 Å². The average Bonchev–Trinajstić information content (AvgIpc) is 2.40. The van der Waals surface area contributed by atoms with E-state index in [2.05, 4.69) is 29.3 Å². The van der Waals surface area contributed by atoms with Gasteiger partial charge in [0.1, 0.15) is 6.61 Å². The predicted molar refractivity (Wildman–Crippen MR) is 76.7 cm³/mol. The fourth-order valence-electron chi connectivity index (χ4n) is 2.00. The van der Waals surface area contributed by atoms with Crippen LogP contribution >= 0.6 is 0 Å². The molecular weight excluding hydrogens is 228 g/mol. The van der Waals surface area contributed by atoms with Crippen molar-refractivity contribution in [3.8, 4) is 5.75 Å². The monoisotopic (exact) mass is 252 g/mol. The van der Waals surface area contributed by atoms with Gasteiger partial charge in [-0.1, -0.05) is 13.0 Å². The van der Waals surface area contributed by atoms with Gasteiger partial charge in [-0.2, -0.15) is 0 Å². The lowest BCUT2D eigenvalue weighted by molar-refractivity contribution is 0.309. The second kappa shape index (κ2) is 7.82. The van der Waals surface area contributed by atoms with Crippen LogP contribution in [-0.4, -0.2) is 38.5 Å². The molecule has 0 unspecified atom stereocenters. The third-order valence-corrected chi connectivity index (χ3v) is 2.71. The molecule has 1 aromatic carbocycles. The van der Waals surface area contributed by atoms with Crippen molar-refractivity contribution < 1.29 is 9.84 Å². The van der Waals surface area contributed by atoms with Crippen LogP contribution in [0.2, 0.25) is 0 Å². The largest absolute Gasteiger partial charge is 0.487 e. The van der Waals surface area contributed by atoms with Gasteiger partial charge in [0.25, 0.3) is 0 Å². The first-order valence-corrected chi connectivity index (χ1v) is 6.57. The molecule has 0 bridgehead atoms. The van der Waals surface area contributed by atoms with Crippen LogP contribution in [0, 0.1) is 0 Å². The number of hydrogen-bond donors (Lipinski definition) is 2. The highest BCUT2D eigenvalue weighted by Gasteiger charge is 2.19. The van der Waals surface area contributed by atoms with E-state index in [0.29, 0.717) is 0 Å². The Morgan fingerprint density at radius 1 is 1.39 bits per heavy atom. The van der Waals surface area contributed by atoms with E-state index < -0.39 is 0 Å². The van der Waals surface area contributed by atoms with Crippen molar-refractivity contribution in [3.05, 3.63) is 18.2 Å². The number of nitrogens with zero attached hydrogens (tertiary/aromatic N) is 1. The molecule has 2 rings (SSSR count). The van der Waals surface area contributed by atoms with Crippen LogP contribution in [0.4, 0.5) is 11.4 Å². The van der Waals surface area contributed by atoms with Crippen LogP contribution in [-0.2, 0) is 0 Å². The molecule has 4 nitrogen and oxygen atoms in total. The lowest BCUT2D eigenvalue weighted by Gasteiger charge is -2.32. The fraction of sp³-hybridized carbons (Fsp3) is 0.571. The molecule has 2 N–H and O–H groups in total. The number of aliphatic hydroxyl groups is 1.